The van der Waals surface area contributed by atoms with E-state index in [9.17, 15) is 18.8 Å². The molecule has 8 heteroatoms. The molecular formula is C18H13ClFN3O3. The number of halogens is 2. The molecule has 3 rings (SSSR count). The summed E-state index contributed by atoms with van der Waals surface area (Å²) >= 11 is 5.77. The number of nitrogens with zero attached hydrogens (tertiary/aromatic N) is 1. The van der Waals surface area contributed by atoms with Crippen molar-refractivity contribution in [1.29, 1.82) is 0 Å². The minimum absolute atomic E-state index is 0.0147. The topological polar surface area (TPSA) is 78.5 Å². The summed E-state index contributed by atoms with van der Waals surface area (Å²) in [5.41, 5.74) is 1.05. The highest BCUT2D eigenvalue weighted by molar-refractivity contribution is 6.30. The number of hydrogen-bond acceptors (Lipinski definition) is 3. The average molecular weight is 374 g/mol. The normalized spacial score (nSPS) is 15.3. The lowest BCUT2D eigenvalue weighted by atomic mass is 10.2. The van der Waals surface area contributed by atoms with E-state index in [1.54, 1.807) is 24.3 Å². The fourth-order valence-electron chi connectivity index (χ4n) is 2.32. The zero-order valence-corrected chi connectivity index (χ0v) is 14.1. The predicted octanol–water partition coefficient (Wildman–Crippen LogP) is 3.01. The lowest BCUT2D eigenvalue weighted by Gasteiger charge is -2.12. The first-order valence-electron chi connectivity index (χ1n) is 7.58. The van der Waals surface area contributed by atoms with E-state index in [1.165, 1.54) is 30.3 Å². The third-order valence-electron chi connectivity index (χ3n) is 3.57. The van der Waals surface area contributed by atoms with Gasteiger partial charge in [-0.3, -0.25) is 9.59 Å². The molecule has 0 atom stereocenters. The fourth-order valence-corrected chi connectivity index (χ4v) is 2.44. The quantitative estimate of drug-likeness (QED) is 0.638. The van der Waals surface area contributed by atoms with Crippen molar-refractivity contribution in [2.75, 3.05) is 11.9 Å². The second-order valence-corrected chi connectivity index (χ2v) is 5.92. The van der Waals surface area contributed by atoms with Crippen molar-refractivity contribution in [2.24, 2.45) is 0 Å². The van der Waals surface area contributed by atoms with Crippen molar-refractivity contribution in [2.45, 2.75) is 0 Å². The van der Waals surface area contributed by atoms with Gasteiger partial charge in [-0.15, -0.1) is 0 Å². The fraction of sp³-hybridized carbons (Fsp3) is 0.0556. The van der Waals surface area contributed by atoms with Crippen LogP contribution in [0.3, 0.4) is 0 Å². The second-order valence-electron chi connectivity index (χ2n) is 5.49. The van der Waals surface area contributed by atoms with Crippen molar-refractivity contribution in [3.05, 3.63) is 70.6 Å². The van der Waals surface area contributed by atoms with Gasteiger partial charge in [0.2, 0.25) is 5.91 Å². The Morgan fingerprint density at radius 1 is 1.12 bits per heavy atom. The maximum Gasteiger partial charge on any atom is 0.329 e. The summed E-state index contributed by atoms with van der Waals surface area (Å²) in [6.45, 7) is -0.436. The summed E-state index contributed by atoms with van der Waals surface area (Å²) < 4.78 is 12.9. The van der Waals surface area contributed by atoms with E-state index >= 15 is 0 Å². The van der Waals surface area contributed by atoms with E-state index < -0.39 is 30.2 Å². The Balaban J connectivity index is 1.67. The van der Waals surface area contributed by atoms with Gasteiger partial charge in [-0.05, 0) is 48.0 Å². The van der Waals surface area contributed by atoms with Gasteiger partial charge in [-0.2, -0.15) is 0 Å². The van der Waals surface area contributed by atoms with E-state index in [2.05, 4.69) is 10.6 Å². The SMILES string of the molecule is O=C(CN1C(=O)N/C(=C\c2ccc(F)cc2)C1=O)Nc1ccc(Cl)cc1. The summed E-state index contributed by atoms with van der Waals surface area (Å²) in [6.07, 6.45) is 1.41. The number of carbonyl (C=O) groups excluding carboxylic acids is 3. The molecule has 132 valence electrons. The lowest BCUT2D eigenvalue weighted by Crippen LogP contribution is -2.38. The first-order chi connectivity index (χ1) is 12.4. The zero-order valence-electron chi connectivity index (χ0n) is 13.3. The number of rotatable bonds is 4. The van der Waals surface area contributed by atoms with Crippen LogP contribution in [0.1, 0.15) is 5.56 Å². The van der Waals surface area contributed by atoms with E-state index in [-0.39, 0.29) is 5.70 Å². The molecule has 0 saturated carbocycles. The maximum atomic E-state index is 12.9. The largest absolute Gasteiger partial charge is 0.329 e. The predicted molar refractivity (Wildman–Crippen MR) is 94.7 cm³/mol. The van der Waals surface area contributed by atoms with Gasteiger partial charge in [0, 0.05) is 10.7 Å². The van der Waals surface area contributed by atoms with Crippen molar-refractivity contribution < 1.29 is 18.8 Å². The summed E-state index contributed by atoms with van der Waals surface area (Å²) in [7, 11) is 0. The summed E-state index contributed by atoms with van der Waals surface area (Å²) in [4.78, 5) is 37.2. The number of carbonyl (C=O) groups is 3. The van der Waals surface area contributed by atoms with E-state index in [1.807, 2.05) is 0 Å². The van der Waals surface area contributed by atoms with Gasteiger partial charge in [0.25, 0.3) is 5.91 Å². The highest BCUT2D eigenvalue weighted by atomic mass is 35.5. The molecule has 26 heavy (non-hydrogen) atoms. The first-order valence-corrected chi connectivity index (χ1v) is 7.96. The van der Waals surface area contributed by atoms with Crippen molar-refractivity contribution in [3.8, 4) is 0 Å². The Morgan fingerprint density at radius 3 is 2.42 bits per heavy atom. The highest BCUT2D eigenvalue weighted by Gasteiger charge is 2.34. The molecule has 0 radical (unpaired) electrons. The highest BCUT2D eigenvalue weighted by Crippen LogP contribution is 2.16. The summed E-state index contributed by atoms with van der Waals surface area (Å²) in [5, 5.41) is 5.50. The zero-order chi connectivity index (χ0) is 18.7. The van der Waals surface area contributed by atoms with Gasteiger partial charge in [0.15, 0.2) is 0 Å². The monoisotopic (exact) mass is 373 g/mol. The van der Waals surface area contributed by atoms with Crippen LogP contribution in [0.5, 0.6) is 0 Å². The van der Waals surface area contributed by atoms with Gasteiger partial charge >= 0.3 is 6.03 Å². The molecule has 0 unspecified atom stereocenters. The molecule has 1 heterocycles. The number of anilines is 1. The Hall–Kier alpha value is -3.19. The molecule has 0 aliphatic carbocycles. The van der Waals surface area contributed by atoms with E-state index in [0.29, 0.717) is 16.3 Å². The molecule has 1 aliphatic heterocycles. The third-order valence-corrected chi connectivity index (χ3v) is 3.82. The van der Waals surface area contributed by atoms with Crippen LogP contribution in [0.15, 0.2) is 54.2 Å². The molecule has 6 nitrogen and oxygen atoms in total. The Morgan fingerprint density at radius 2 is 1.77 bits per heavy atom. The lowest BCUT2D eigenvalue weighted by molar-refractivity contribution is -0.127. The molecular weight excluding hydrogens is 361 g/mol. The number of imide groups is 1. The molecule has 0 spiro atoms. The van der Waals surface area contributed by atoms with Crippen LogP contribution >= 0.6 is 11.6 Å². The van der Waals surface area contributed by atoms with Crippen LogP contribution in [-0.4, -0.2) is 29.3 Å². The standard InChI is InChI=1S/C18H13ClFN3O3/c19-12-3-7-14(8-4-12)21-16(24)10-23-17(25)15(22-18(23)26)9-11-1-5-13(20)6-2-11/h1-9H,10H2,(H,21,24)(H,22,26)/b15-9-. The second kappa shape index (κ2) is 7.37. The van der Waals surface area contributed by atoms with Gasteiger partial charge in [-0.25, -0.2) is 14.1 Å². The molecule has 0 bridgehead atoms. The van der Waals surface area contributed by atoms with Crippen LogP contribution in [0.2, 0.25) is 5.02 Å². The van der Waals surface area contributed by atoms with Gasteiger partial charge in [0.1, 0.15) is 18.1 Å². The Labute approximate surface area is 153 Å². The summed E-state index contributed by atoms with van der Waals surface area (Å²) in [6, 6.07) is 11.1. The maximum absolute atomic E-state index is 12.9. The Kier molecular flexibility index (Phi) is 4.99. The minimum Gasteiger partial charge on any atom is -0.325 e. The molecule has 1 fully saturated rings. The van der Waals surface area contributed by atoms with Crippen molar-refractivity contribution >= 4 is 41.2 Å². The van der Waals surface area contributed by atoms with Crippen LogP contribution in [0, 0.1) is 5.82 Å². The van der Waals surface area contributed by atoms with Crippen molar-refractivity contribution in [3.63, 3.8) is 0 Å². The van der Waals surface area contributed by atoms with Crippen molar-refractivity contribution in [1.82, 2.24) is 10.2 Å². The van der Waals surface area contributed by atoms with E-state index in [4.69, 9.17) is 11.6 Å². The minimum atomic E-state index is -0.699. The molecule has 0 aromatic heterocycles. The number of nitrogens with one attached hydrogen (secondary N) is 2. The van der Waals surface area contributed by atoms with Crippen LogP contribution in [0.25, 0.3) is 6.08 Å². The number of amides is 4. The van der Waals surface area contributed by atoms with E-state index in [0.717, 1.165) is 4.90 Å². The summed E-state index contributed by atoms with van der Waals surface area (Å²) in [5.74, 6) is -1.57. The van der Waals surface area contributed by atoms with Crippen LogP contribution < -0.4 is 10.6 Å². The number of benzene rings is 2. The van der Waals surface area contributed by atoms with Gasteiger partial charge in [-0.1, -0.05) is 23.7 Å². The Bertz CT molecular complexity index is 895. The average Bonchev–Trinajstić information content (AvgIpc) is 2.86. The molecule has 2 aromatic carbocycles. The van der Waals surface area contributed by atoms with Gasteiger partial charge in [0.05, 0.1) is 0 Å². The molecule has 2 N–H and O–H groups in total. The first kappa shape index (κ1) is 17.6. The molecule has 1 saturated heterocycles. The number of urea groups is 1. The molecule has 1 aliphatic rings. The number of hydrogen-bond donors (Lipinski definition) is 2. The molecule has 4 amide bonds. The molecule has 2 aromatic rings. The van der Waals surface area contributed by atoms with Crippen LogP contribution in [-0.2, 0) is 9.59 Å². The third kappa shape index (κ3) is 4.07. The van der Waals surface area contributed by atoms with Gasteiger partial charge < -0.3 is 10.6 Å². The smallest absolute Gasteiger partial charge is 0.325 e. The van der Waals surface area contributed by atoms with Crippen LogP contribution in [0.4, 0.5) is 14.9 Å².